The van der Waals surface area contributed by atoms with Gasteiger partial charge in [0, 0.05) is 18.6 Å². The van der Waals surface area contributed by atoms with Gasteiger partial charge in [-0.05, 0) is 20.3 Å². The van der Waals surface area contributed by atoms with Crippen LogP contribution in [-0.4, -0.2) is 58.4 Å². The Hall–Kier alpha value is -1.73. The Morgan fingerprint density at radius 3 is 2.33 bits per heavy atom. The minimum absolute atomic E-state index is 0.0125. The second kappa shape index (κ2) is 13.7. The maximum absolute atomic E-state index is 12.0. The molecule has 7 heteroatoms. The normalized spacial score (nSPS) is 13.9. The highest BCUT2D eigenvalue weighted by Crippen LogP contribution is 2.21. The van der Waals surface area contributed by atoms with Gasteiger partial charge in [-0.2, -0.15) is 0 Å². The Labute approximate surface area is 143 Å². The van der Waals surface area contributed by atoms with Crippen molar-refractivity contribution in [2.24, 2.45) is 5.41 Å². The Bertz CT molecular complexity index is 406. The van der Waals surface area contributed by atoms with Crippen LogP contribution >= 0.6 is 0 Å². The van der Waals surface area contributed by atoms with E-state index in [-0.39, 0.29) is 39.5 Å². The summed E-state index contributed by atoms with van der Waals surface area (Å²) < 4.78 is 21.1. The molecule has 0 aromatic rings. The third-order valence-corrected chi connectivity index (χ3v) is 3.20. The number of ether oxygens (including phenoxy) is 4. The van der Waals surface area contributed by atoms with E-state index in [9.17, 15) is 14.4 Å². The van der Waals surface area contributed by atoms with Gasteiger partial charge in [0.25, 0.3) is 6.47 Å². The maximum Gasteiger partial charge on any atom is 0.333 e. The van der Waals surface area contributed by atoms with Crippen molar-refractivity contribution in [1.29, 1.82) is 0 Å². The van der Waals surface area contributed by atoms with Gasteiger partial charge in [-0.1, -0.05) is 13.0 Å². The van der Waals surface area contributed by atoms with Gasteiger partial charge < -0.3 is 23.7 Å². The lowest BCUT2D eigenvalue weighted by molar-refractivity contribution is -0.154. The van der Waals surface area contributed by atoms with Gasteiger partial charge in [0.1, 0.15) is 19.5 Å². The number of carbonyl (C=O) groups excluding carboxylic acids is 3. The Morgan fingerprint density at radius 1 is 1.04 bits per heavy atom. The second-order valence-electron chi connectivity index (χ2n) is 5.42. The molecular weight excluding hydrogens is 316 g/mol. The van der Waals surface area contributed by atoms with Crippen molar-refractivity contribution in [3.8, 4) is 0 Å². The number of aldehydes is 1. The molecule has 0 radical (unpaired) electrons. The highest BCUT2D eigenvalue weighted by Gasteiger charge is 2.34. The van der Waals surface area contributed by atoms with Gasteiger partial charge in [0.2, 0.25) is 0 Å². The van der Waals surface area contributed by atoms with Gasteiger partial charge in [-0.25, -0.2) is 4.79 Å². The topological polar surface area (TPSA) is 88.1 Å². The fraction of sp³-hybridized carbons (Fsp3) is 0.706. The molecule has 24 heavy (non-hydrogen) atoms. The van der Waals surface area contributed by atoms with Crippen LogP contribution in [0.3, 0.4) is 0 Å². The van der Waals surface area contributed by atoms with Crippen molar-refractivity contribution in [1.82, 2.24) is 0 Å². The molecule has 0 saturated heterocycles. The van der Waals surface area contributed by atoms with Gasteiger partial charge in [0.15, 0.2) is 0 Å². The molecule has 1 unspecified atom stereocenters. The molecule has 0 aromatic carbocycles. The lowest BCUT2D eigenvalue weighted by atomic mass is 9.92. The first kappa shape index (κ1) is 22.3. The summed E-state index contributed by atoms with van der Waals surface area (Å²) in [6, 6.07) is 0. The number of rotatable bonds is 15. The zero-order chi connectivity index (χ0) is 18.3. The standard InChI is InChI=1S/C17H28O7/c1-4-7-15(3)16(20)24-13-17(10-21-5-2,12-23-14-19)11-22-9-6-8-18/h7-8,14H,4-6,9-13H2,1-3H3/b15-7+. The first-order valence-electron chi connectivity index (χ1n) is 8.03. The Kier molecular flexibility index (Phi) is 12.7. The minimum atomic E-state index is -0.818. The molecule has 0 amide bonds. The van der Waals surface area contributed by atoms with Crippen molar-refractivity contribution in [3.05, 3.63) is 11.6 Å². The molecule has 0 fully saturated rings. The summed E-state index contributed by atoms with van der Waals surface area (Å²) in [5.74, 6) is -0.434. The smallest absolute Gasteiger partial charge is 0.333 e. The fourth-order valence-electron chi connectivity index (χ4n) is 1.92. The molecule has 138 valence electrons. The number of carbonyl (C=O) groups is 3. The zero-order valence-electron chi connectivity index (χ0n) is 14.7. The molecule has 7 nitrogen and oxygen atoms in total. The SMILES string of the molecule is CC/C=C(\C)C(=O)OCC(COC=O)(COCC)COCCC=O. The average molecular weight is 344 g/mol. The van der Waals surface area contributed by atoms with E-state index in [2.05, 4.69) is 0 Å². The molecule has 0 rings (SSSR count). The van der Waals surface area contributed by atoms with E-state index in [1.54, 1.807) is 13.0 Å². The summed E-state index contributed by atoms with van der Waals surface area (Å²) in [4.78, 5) is 32.9. The van der Waals surface area contributed by atoms with Crippen molar-refractivity contribution >= 4 is 18.7 Å². The molecule has 0 bridgehead atoms. The summed E-state index contributed by atoms with van der Waals surface area (Å²) in [5.41, 5.74) is -0.303. The van der Waals surface area contributed by atoms with Crippen LogP contribution in [-0.2, 0) is 33.3 Å². The van der Waals surface area contributed by atoms with E-state index in [1.807, 2.05) is 13.8 Å². The van der Waals surface area contributed by atoms with E-state index in [1.165, 1.54) is 0 Å². The summed E-state index contributed by atoms with van der Waals surface area (Å²) in [6.07, 6.45) is 3.52. The molecular formula is C17H28O7. The maximum atomic E-state index is 12.0. The first-order valence-corrected chi connectivity index (χ1v) is 8.03. The zero-order valence-corrected chi connectivity index (χ0v) is 14.7. The van der Waals surface area contributed by atoms with E-state index >= 15 is 0 Å². The number of hydrogen-bond acceptors (Lipinski definition) is 7. The van der Waals surface area contributed by atoms with Gasteiger partial charge in [-0.3, -0.25) is 4.79 Å². The van der Waals surface area contributed by atoms with Gasteiger partial charge >= 0.3 is 5.97 Å². The lowest BCUT2D eigenvalue weighted by Gasteiger charge is -2.31. The molecule has 1 atom stereocenters. The molecule has 0 aliphatic heterocycles. The third-order valence-electron chi connectivity index (χ3n) is 3.20. The van der Waals surface area contributed by atoms with Crippen LogP contribution in [0.2, 0.25) is 0 Å². The summed E-state index contributed by atoms with van der Waals surface area (Å²) in [5, 5.41) is 0. The number of allylic oxidation sites excluding steroid dienone is 1. The van der Waals surface area contributed by atoms with E-state index < -0.39 is 11.4 Å². The predicted molar refractivity (Wildman–Crippen MR) is 87.4 cm³/mol. The molecule has 0 saturated carbocycles. The first-order chi connectivity index (χ1) is 11.5. The second-order valence-corrected chi connectivity index (χ2v) is 5.42. The van der Waals surface area contributed by atoms with E-state index in [0.717, 1.165) is 12.7 Å². The van der Waals surface area contributed by atoms with Crippen molar-refractivity contribution in [2.45, 2.75) is 33.6 Å². The lowest BCUT2D eigenvalue weighted by Crippen LogP contribution is -2.42. The van der Waals surface area contributed by atoms with Crippen LogP contribution in [0.15, 0.2) is 11.6 Å². The number of esters is 1. The van der Waals surface area contributed by atoms with E-state index in [0.29, 0.717) is 18.7 Å². The molecule has 0 aliphatic rings. The summed E-state index contributed by atoms with van der Waals surface area (Å²) in [7, 11) is 0. The molecule has 0 aliphatic carbocycles. The van der Waals surface area contributed by atoms with Crippen molar-refractivity contribution < 1.29 is 33.3 Å². The van der Waals surface area contributed by atoms with Crippen LogP contribution in [0.5, 0.6) is 0 Å². The molecule has 0 heterocycles. The van der Waals surface area contributed by atoms with Crippen LogP contribution in [0.4, 0.5) is 0 Å². The van der Waals surface area contributed by atoms with Crippen molar-refractivity contribution in [3.63, 3.8) is 0 Å². The monoisotopic (exact) mass is 344 g/mol. The number of hydrogen-bond donors (Lipinski definition) is 0. The van der Waals surface area contributed by atoms with Crippen molar-refractivity contribution in [2.75, 3.05) is 39.6 Å². The minimum Gasteiger partial charge on any atom is -0.467 e. The quantitative estimate of drug-likeness (QED) is 0.193. The van der Waals surface area contributed by atoms with Gasteiger partial charge in [0.05, 0.1) is 25.2 Å². The average Bonchev–Trinajstić information content (AvgIpc) is 2.59. The molecule has 0 spiro atoms. The summed E-state index contributed by atoms with van der Waals surface area (Å²) in [6.45, 7) is 6.77. The third kappa shape index (κ3) is 9.42. The Morgan fingerprint density at radius 2 is 1.75 bits per heavy atom. The largest absolute Gasteiger partial charge is 0.467 e. The fourth-order valence-corrected chi connectivity index (χ4v) is 1.92. The van der Waals surface area contributed by atoms with Crippen LogP contribution < -0.4 is 0 Å². The predicted octanol–water partition coefficient (Wildman–Crippen LogP) is 1.69. The Balaban J connectivity index is 4.93. The van der Waals surface area contributed by atoms with Gasteiger partial charge in [-0.15, -0.1) is 0 Å². The molecule has 0 N–H and O–H groups in total. The van der Waals surface area contributed by atoms with Crippen LogP contribution in [0.1, 0.15) is 33.6 Å². The van der Waals surface area contributed by atoms with E-state index in [4.69, 9.17) is 18.9 Å². The van der Waals surface area contributed by atoms with Crippen LogP contribution in [0.25, 0.3) is 0 Å². The highest BCUT2D eigenvalue weighted by atomic mass is 16.6. The summed E-state index contributed by atoms with van der Waals surface area (Å²) >= 11 is 0. The highest BCUT2D eigenvalue weighted by molar-refractivity contribution is 5.87. The van der Waals surface area contributed by atoms with Crippen LogP contribution in [0, 0.1) is 5.41 Å². The molecule has 0 aromatic heterocycles.